The minimum absolute atomic E-state index is 0.0273. The summed E-state index contributed by atoms with van der Waals surface area (Å²) in [5, 5.41) is 5.61. The monoisotopic (exact) mass is 435 g/mol. The molecule has 0 radical (unpaired) electrons. The molecule has 0 aromatic heterocycles. The molecule has 1 saturated heterocycles. The van der Waals surface area contributed by atoms with Crippen molar-refractivity contribution < 1.29 is 23.9 Å². The van der Waals surface area contributed by atoms with Crippen molar-refractivity contribution in [1.82, 2.24) is 10.2 Å². The number of ether oxygens (including phenoxy) is 1. The number of anilines is 1. The third-order valence-electron chi connectivity index (χ3n) is 3.98. The molecule has 0 unspecified atom stereocenters. The summed E-state index contributed by atoms with van der Waals surface area (Å²) in [6, 6.07) is 10.4. The van der Waals surface area contributed by atoms with E-state index in [2.05, 4.69) is 10.6 Å². The Labute approximate surface area is 175 Å². The average Bonchev–Trinajstić information content (AvgIpc) is 3.01. The minimum Gasteiger partial charge on any atom is -0.452 e. The summed E-state index contributed by atoms with van der Waals surface area (Å²) in [6.45, 7) is -0.551. The fourth-order valence-electron chi connectivity index (χ4n) is 2.59. The fraction of sp³-hybridized carbons (Fsp3) is 0.158. The third-order valence-corrected chi connectivity index (χ3v) is 4.54. The highest BCUT2D eigenvalue weighted by atomic mass is 35.5. The Bertz CT molecular complexity index is 980. The van der Waals surface area contributed by atoms with Crippen molar-refractivity contribution in [3.63, 3.8) is 0 Å². The minimum atomic E-state index is -0.726. The van der Waals surface area contributed by atoms with Crippen LogP contribution in [0.4, 0.5) is 10.5 Å². The van der Waals surface area contributed by atoms with Gasteiger partial charge in [0.2, 0.25) is 5.91 Å². The van der Waals surface area contributed by atoms with Gasteiger partial charge in [0.1, 0.15) is 0 Å². The van der Waals surface area contributed by atoms with Gasteiger partial charge in [0, 0.05) is 5.02 Å². The molecule has 2 aromatic rings. The lowest BCUT2D eigenvalue weighted by molar-refractivity contribution is -0.125. The molecular formula is C19H15Cl2N3O5. The lowest BCUT2D eigenvalue weighted by Gasteiger charge is -2.13. The van der Waals surface area contributed by atoms with Gasteiger partial charge in [0.15, 0.2) is 6.61 Å². The summed E-state index contributed by atoms with van der Waals surface area (Å²) < 4.78 is 5.01. The predicted octanol–water partition coefficient (Wildman–Crippen LogP) is 2.84. The van der Waals surface area contributed by atoms with E-state index in [0.29, 0.717) is 21.3 Å². The van der Waals surface area contributed by atoms with Crippen LogP contribution in [-0.2, 0) is 20.9 Å². The molecule has 29 heavy (non-hydrogen) atoms. The zero-order chi connectivity index (χ0) is 21.0. The quantitative estimate of drug-likeness (QED) is 0.535. The van der Waals surface area contributed by atoms with E-state index >= 15 is 0 Å². The van der Waals surface area contributed by atoms with Crippen molar-refractivity contribution in [2.24, 2.45) is 0 Å². The number of esters is 1. The van der Waals surface area contributed by atoms with Crippen LogP contribution >= 0.6 is 23.2 Å². The molecule has 10 heteroatoms. The lowest BCUT2D eigenvalue weighted by Crippen LogP contribution is -2.30. The standard InChI is InChI=1S/C19H15Cl2N3O5/c20-13-4-5-14(21)15(7-13)23-16(25)10-29-18(27)12-3-1-2-11(6-12)9-24-17(26)8-22-19(24)28/h1-7H,8-10H2,(H,22,28)(H,23,25). The van der Waals surface area contributed by atoms with E-state index in [9.17, 15) is 19.2 Å². The molecule has 1 fully saturated rings. The second-order valence-corrected chi connectivity index (χ2v) is 6.93. The van der Waals surface area contributed by atoms with Gasteiger partial charge in [-0.05, 0) is 35.9 Å². The highest BCUT2D eigenvalue weighted by Crippen LogP contribution is 2.25. The first-order valence-corrected chi connectivity index (χ1v) is 9.18. The number of hydrogen-bond acceptors (Lipinski definition) is 5. The van der Waals surface area contributed by atoms with Crippen LogP contribution in [0.2, 0.25) is 10.0 Å². The molecular weight excluding hydrogens is 421 g/mol. The summed E-state index contributed by atoms with van der Waals surface area (Å²) in [4.78, 5) is 48.6. The number of amides is 4. The van der Waals surface area contributed by atoms with E-state index in [1.165, 1.54) is 24.3 Å². The van der Waals surface area contributed by atoms with E-state index in [-0.39, 0.29) is 24.6 Å². The Morgan fingerprint density at radius 2 is 1.93 bits per heavy atom. The van der Waals surface area contributed by atoms with Crippen LogP contribution in [0.1, 0.15) is 15.9 Å². The van der Waals surface area contributed by atoms with Gasteiger partial charge in [-0.1, -0.05) is 35.3 Å². The molecule has 2 aromatic carbocycles. The van der Waals surface area contributed by atoms with E-state index in [1.54, 1.807) is 18.2 Å². The molecule has 4 amide bonds. The number of halogens is 2. The molecule has 3 rings (SSSR count). The van der Waals surface area contributed by atoms with Crippen molar-refractivity contribution in [2.75, 3.05) is 18.5 Å². The Morgan fingerprint density at radius 1 is 1.14 bits per heavy atom. The van der Waals surface area contributed by atoms with Crippen LogP contribution in [-0.4, -0.2) is 41.9 Å². The summed E-state index contributed by atoms with van der Waals surface area (Å²) >= 11 is 11.8. The fourth-order valence-corrected chi connectivity index (χ4v) is 2.93. The highest BCUT2D eigenvalue weighted by Gasteiger charge is 2.28. The molecule has 0 aliphatic carbocycles. The summed E-state index contributed by atoms with van der Waals surface area (Å²) in [6.07, 6.45) is 0. The number of hydrogen-bond donors (Lipinski definition) is 2. The van der Waals surface area contributed by atoms with E-state index in [1.807, 2.05) is 0 Å². The summed E-state index contributed by atoms with van der Waals surface area (Å²) in [5.74, 6) is -1.66. The highest BCUT2D eigenvalue weighted by molar-refractivity contribution is 6.35. The van der Waals surface area contributed by atoms with E-state index < -0.39 is 24.5 Å². The third kappa shape index (κ3) is 5.24. The molecule has 1 aliphatic rings. The zero-order valence-electron chi connectivity index (χ0n) is 14.9. The molecule has 0 saturated carbocycles. The SMILES string of the molecule is O=C(COC(=O)c1cccc(CN2C(=O)CNC2=O)c1)Nc1cc(Cl)ccc1Cl. The zero-order valence-corrected chi connectivity index (χ0v) is 16.4. The number of carbonyl (C=O) groups excluding carboxylic acids is 4. The van der Waals surface area contributed by atoms with Crippen LogP contribution in [0.25, 0.3) is 0 Å². The van der Waals surface area contributed by atoms with Gasteiger partial charge in [0.05, 0.1) is 29.4 Å². The normalized spacial score (nSPS) is 13.2. The number of urea groups is 1. The van der Waals surface area contributed by atoms with Crippen molar-refractivity contribution in [2.45, 2.75) is 6.54 Å². The van der Waals surface area contributed by atoms with Crippen LogP contribution in [0, 0.1) is 0 Å². The molecule has 1 heterocycles. The average molecular weight is 436 g/mol. The lowest BCUT2D eigenvalue weighted by atomic mass is 10.1. The molecule has 0 atom stereocenters. The molecule has 0 bridgehead atoms. The number of nitrogens with one attached hydrogen (secondary N) is 2. The van der Waals surface area contributed by atoms with Crippen LogP contribution in [0.15, 0.2) is 42.5 Å². The second-order valence-electron chi connectivity index (χ2n) is 6.09. The van der Waals surface area contributed by atoms with E-state index in [0.717, 1.165) is 4.90 Å². The molecule has 150 valence electrons. The van der Waals surface area contributed by atoms with Crippen LogP contribution in [0.5, 0.6) is 0 Å². The molecule has 8 nitrogen and oxygen atoms in total. The van der Waals surface area contributed by atoms with Gasteiger partial charge in [-0.15, -0.1) is 0 Å². The van der Waals surface area contributed by atoms with Gasteiger partial charge in [0.25, 0.3) is 5.91 Å². The van der Waals surface area contributed by atoms with Gasteiger partial charge in [-0.2, -0.15) is 0 Å². The Hall–Kier alpha value is -3.10. The van der Waals surface area contributed by atoms with Crippen molar-refractivity contribution in [1.29, 1.82) is 0 Å². The predicted molar refractivity (Wildman–Crippen MR) is 106 cm³/mol. The Balaban J connectivity index is 1.58. The maximum Gasteiger partial charge on any atom is 0.338 e. The summed E-state index contributed by atoms with van der Waals surface area (Å²) in [7, 11) is 0. The second kappa shape index (κ2) is 8.93. The molecule has 0 spiro atoms. The van der Waals surface area contributed by atoms with Crippen molar-refractivity contribution in [3.05, 3.63) is 63.6 Å². The maximum absolute atomic E-state index is 12.2. The summed E-state index contributed by atoms with van der Waals surface area (Å²) in [5.41, 5.74) is 1.05. The smallest absolute Gasteiger partial charge is 0.338 e. The Morgan fingerprint density at radius 3 is 2.66 bits per heavy atom. The first kappa shape index (κ1) is 20.6. The van der Waals surface area contributed by atoms with Gasteiger partial charge >= 0.3 is 12.0 Å². The largest absolute Gasteiger partial charge is 0.452 e. The topological polar surface area (TPSA) is 105 Å². The van der Waals surface area contributed by atoms with Crippen LogP contribution in [0.3, 0.4) is 0 Å². The first-order chi connectivity index (χ1) is 13.8. The maximum atomic E-state index is 12.2. The van der Waals surface area contributed by atoms with Gasteiger partial charge in [-0.25, -0.2) is 9.59 Å². The number of carbonyl (C=O) groups is 4. The number of rotatable bonds is 6. The first-order valence-electron chi connectivity index (χ1n) is 8.42. The number of nitrogens with zero attached hydrogens (tertiary/aromatic N) is 1. The van der Waals surface area contributed by atoms with Crippen molar-refractivity contribution in [3.8, 4) is 0 Å². The van der Waals surface area contributed by atoms with E-state index in [4.69, 9.17) is 27.9 Å². The van der Waals surface area contributed by atoms with Crippen LogP contribution < -0.4 is 10.6 Å². The van der Waals surface area contributed by atoms with Crippen molar-refractivity contribution >= 4 is 52.7 Å². The number of imide groups is 1. The molecule has 1 aliphatic heterocycles. The van der Waals surface area contributed by atoms with Gasteiger partial charge < -0.3 is 15.4 Å². The molecule has 2 N–H and O–H groups in total. The Kier molecular flexibility index (Phi) is 6.36. The number of benzene rings is 2. The van der Waals surface area contributed by atoms with Gasteiger partial charge in [-0.3, -0.25) is 14.5 Å².